The van der Waals surface area contributed by atoms with E-state index in [0.717, 1.165) is 19.3 Å². The summed E-state index contributed by atoms with van der Waals surface area (Å²) >= 11 is 1.83. The second-order valence-electron chi connectivity index (χ2n) is 3.47. The van der Waals surface area contributed by atoms with Gasteiger partial charge in [0.15, 0.2) is 6.16 Å². The molecular formula is C10H16O2PS+. The topological polar surface area (TPSA) is 37.3 Å². The lowest BCUT2D eigenvalue weighted by Crippen LogP contribution is -1.86. The van der Waals surface area contributed by atoms with Crippen molar-refractivity contribution in [3.8, 4) is 0 Å². The Morgan fingerprint density at radius 1 is 1.43 bits per heavy atom. The Hall–Kier alpha value is -0.240. The van der Waals surface area contributed by atoms with Gasteiger partial charge in [-0.15, -0.1) is 11.3 Å². The SMILES string of the molecule is Cc1cc(CCCC[P+](=O)O)c(C)s1. The monoisotopic (exact) mass is 231 g/mol. The Morgan fingerprint density at radius 3 is 2.64 bits per heavy atom. The number of unbranched alkanes of at least 4 members (excludes halogenated alkanes) is 1. The highest BCUT2D eigenvalue weighted by Crippen LogP contribution is 2.23. The molecule has 2 nitrogen and oxygen atoms in total. The fourth-order valence-electron chi connectivity index (χ4n) is 1.49. The van der Waals surface area contributed by atoms with Crippen molar-refractivity contribution in [2.45, 2.75) is 33.1 Å². The van der Waals surface area contributed by atoms with E-state index < -0.39 is 8.03 Å². The van der Waals surface area contributed by atoms with Gasteiger partial charge in [0.2, 0.25) is 0 Å². The Bertz CT molecular complexity index is 320. The zero-order valence-corrected chi connectivity index (χ0v) is 10.3. The van der Waals surface area contributed by atoms with Crippen LogP contribution in [0, 0.1) is 13.8 Å². The van der Waals surface area contributed by atoms with Gasteiger partial charge in [-0.2, -0.15) is 4.89 Å². The molecule has 0 saturated carbocycles. The normalized spacial score (nSPS) is 11.8. The summed E-state index contributed by atoms with van der Waals surface area (Å²) in [4.78, 5) is 11.4. The van der Waals surface area contributed by atoms with Crippen LogP contribution in [0.1, 0.15) is 28.2 Å². The van der Waals surface area contributed by atoms with Gasteiger partial charge in [-0.05, 0) is 49.3 Å². The molecular weight excluding hydrogens is 215 g/mol. The van der Waals surface area contributed by atoms with Gasteiger partial charge >= 0.3 is 8.03 Å². The molecule has 1 heterocycles. The van der Waals surface area contributed by atoms with Crippen molar-refractivity contribution in [3.63, 3.8) is 0 Å². The van der Waals surface area contributed by atoms with Crippen molar-refractivity contribution < 1.29 is 9.46 Å². The zero-order valence-electron chi connectivity index (χ0n) is 8.62. The van der Waals surface area contributed by atoms with Crippen LogP contribution in [0.2, 0.25) is 0 Å². The van der Waals surface area contributed by atoms with Crippen LogP contribution in [-0.4, -0.2) is 11.1 Å². The van der Waals surface area contributed by atoms with E-state index in [0.29, 0.717) is 6.16 Å². The molecule has 14 heavy (non-hydrogen) atoms. The number of thiophene rings is 1. The highest BCUT2D eigenvalue weighted by molar-refractivity contribution is 7.37. The largest absolute Gasteiger partial charge is 0.505 e. The van der Waals surface area contributed by atoms with E-state index in [1.807, 2.05) is 11.3 Å². The van der Waals surface area contributed by atoms with Crippen molar-refractivity contribution in [1.29, 1.82) is 0 Å². The minimum absolute atomic E-state index is 0.442. The van der Waals surface area contributed by atoms with Crippen LogP contribution in [0.3, 0.4) is 0 Å². The zero-order chi connectivity index (χ0) is 10.6. The predicted octanol–water partition coefficient (Wildman–Crippen LogP) is 3.42. The predicted molar refractivity (Wildman–Crippen MR) is 61.4 cm³/mol. The van der Waals surface area contributed by atoms with Crippen LogP contribution < -0.4 is 0 Å². The molecule has 0 saturated heterocycles. The summed E-state index contributed by atoms with van der Waals surface area (Å²) in [7, 11) is -1.93. The molecule has 1 atom stereocenters. The van der Waals surface area contributed by atoms with E-state index in [9.17, 15) is 4.57 Å². The van der Waals surface area contributed by atoms with E-state index in [-0.39, 0.29) is 0 Å². The smallest absolute Gasteiger partial charge is 0.161 e. The van der Waals surface area contributed by atoms with Gasteiger partial charge in [0.1, 0.15) is 0 Å². The average molecular weight is 231 g/mol. The van der Waals surface area contributed by atoms with Gasteiger partial charge in [-0.25, -0.2) is 0 Å². The summed E-state index contributed by atoms with van der Waals surface area (Å²) in [6, 6.07) is 2.22. The lowest BCUT2D eigenvalue weighted by atomic mass is 10.1. The van der Waals surface area contributed by atoms with Crippen molar-refractivity contribution in [2.24, 2.45) is 0 Å². The number of rotatable bonds is 5. The minimum Gasteiger partial charge on any atom is -0.161 e. The molecule has 0 fully saturated rings. The molecule has 1 rings (SSSR count). The Kier molecular flexibility index (Phi) is 4.73. The summed E-state index contributed by atoms with van der Waals surface area (Å²) in [5.41, 5.74) is 1.40. The first-order chi connectivity index (χ1) is 6.59. The summed E-state index contributed by atoms with van der Waals surface area (Å²) in [6.45, 7) is 4.26. The molecule has 0 aromatic carbocycles. The molecule has 0 radical (unpaired) electrons. The molecule has 1 unspecified atom stereocenters. The quantitative estimate of drug-likeness (QED) is 0.622. The highest BCUT2D eigenvalue weighted by atomic mass is 32.1. The van der Waals surface area contributed by atoms with Crippen LogP contribution in [0.25, 0.3) is 0 Å². The molecule has 1 aromatic rings. The minimum atomic E-state index is -1.93. The number of aryl methyl sites for hydroxylation is 3. The highest BCUT2D eigenvalue weighted by Gasteiger charge is 2.09. The third-order valence-electron chi connectivity index (χ3n) is 2.19. The first kappa shape index (κ1) is 11.8. The molecule has 1 N–H and O–H groups in total. The molecule has 0 amide bonds. The Morgan fingerprint density at radius 2 is 2.14 bits per heavy atom. The van der Waals surface area contributed by atoms with Gasteiger partial charge in [0.05, 0.1) is 0 Å². The first-order valence-corrected chi connectivity index (χ1v) is 7.00. The summed E-state index contributed by atoms with van der Waals surface area (Å²) < 4.78 is 10.4. The van der Waals surface area contributed by atoms with Crippen LogP contribution in [0.5, 0.6) is 0 Å². The van der Waals surface area contributed by atoms with E-state index in [1.54, 1.807) is 0 Å². The molecule has 0 bridgehead atoms. The van der Waals surface area contributed by atoms with Gasteiger partial charge in [0.25, 0.3) is 0 Å². The maximum atomic E-state index is 10.4. The standard InChI is InChI=1S/C10H15O2PS/c1-8-7-10(9(2)14-8)5-3-4-6-13(11)12/h7H,3-6H2,1-2H3/p+1. The van der Waals surface area contributed by atoms with Crippen molar-refractivity contribution >= 4 is 19.4 Å². The van der Waals surface area contributed by atoms with Gasteiger partial charge in [-0.3, -0.25) is 0 Å². The number of hydrogen-bond acceptors (Lipinski definition) is 2. The fourth-order valence-corrected chi connectivity index (χ4v) is 2.96. The van der Waals surface area contributed by atoms with E-state index >= 15 is 0 Å². The fraction of sp³-hybridized carbons (Fsp3) is 0.600. The van der Waals surface area contributed by atoms with Crippen molar-refractivity contribution in [1.82, 2.24) is 0 Å². The summed E-state index contributed by atoms with van der Waals surface area (Å²) in [6.07, 6.45) is 3.34. The molecule has 1 aromatic heterocycles. The second kappa shape index (κ2) is 5.59. The average Bonchev–Trinajstić information content (AvgIpc) is 2.39. The molecule has 0 aliphatic carbocycles. The van der Waals surface area contributed by atoms with Crippen molar-refractivity contribution in [3.05, 3.63) is 21.4 Å². The molecule has 0 aliphatic rings. The van der Waals surface area contributed by atoms with Gasteiger partial charge < -0.3 is 0 Å². The Labute approximate surface area is 89.8 Å². The lowest BCUT2D eigenvalue weighted by molar-refractivity contribution is 0.500. The van der Waals surface area contributed by atoms with Crippen LogP contribution in [0.4, 0.5) is 0 Å². The first-order valence-electron chi connectivity index (χ1n) is 4.79. The third-order valence-corrected chi connectivity index (χ3v) is 3.90. The van der Waals surface area contributed by atoms with E-state index in [2.05, 4.69) is 19.9 Å². The van der Waals surface area contributed by atoms with E-state index in [4.69, 9.17) is 4.89 Å². The maximum absolute atomic E-state index is 10.4. The summed E-state index contributed by atoms with van der Waals surface area (Å²) in [5, 5.41) is 0. The lowest BCUT2D eigenvalue weighted by Gasteiger charge is -1.96. The van der Waals surface area contributed by atoms with Crippen LogP contribution >= 0.6 is 19.4 Å². The molecule has 0 aliphatic heterocycles. The van der Waals surface area contributed by atoms with Crippen LogP contribution in [0.15, 0.2) is 6.07 Å². The third kappa shape index (κ3) is 3.87. The van der Waals surface area contributed by atoms with E-state index in [1.165, 1.54) is 15.3 Å². The number of hydrogen-bond donors (Lipinski definition) is 1. The Balaban J connectivity index is 2.31. The van der Waals surface area contributed by atoms with Gasteiger partial charge in [-0.1, -0.05) is 0 Å². The second-order valence-corrected chi connectivity index (χ2v) is 6.08. The van der Waals surface area contributed by atoms with Crippen molar-refractivity contribution in [2.75, 3.05) is 6.16 Å². The molecule has 0 spiro atoms. The van der Waals surface area contributed by atoms with Gasteiger partial charge in [0, 0.05) is 9.75 Å². The van der Waals surface area contributed by atoms with Crippen LogP contribution in [-0.2, 0) is 11.0 Å². The maximum Gasteiger partial charge on any atom is 0.505 e. The summed E-state index contributed by atoms with van der Waals surface area (Å²) in [5.74, 6) is 0. The molecule has 4 heteroatoms. The molecule has 78 valence electrons.